The highest BCUT2D eigenvalue weighted by Gasteiger charge is 2.32. The Morgan fingerprint density at radius 3 is 2.57 bits per heavy atom. The number of carbonyl (C=O) groups is 1. The van der Waals surface area contributed by atoms with Gasteiger partial charge in [-0.15, -0.1) is 5.10 Å². The second-order valence-electron chi connectivity index (χ2n) is 8.13. The van der Waals surface area contributed by atoms with Crippen LogP contribution in [0.5, 0.6) is 11.5 Å². The number of nitrogens with one attached hydrogen (secondary N) is 1. The molecule has 1 aromatic heterocycles. The maximum Gasteiger partial charge on any atom is 0.322 e. The number of sulfonamides is 1. The lowest BCUT2D eigenvalue weighted by atomic mass is 10.0. The van der Waals surface area contributed by atoms with Gasteiger partial charge in [0.05, 0.1) is 24.7 Å². The van der Waals surface area contributed by atoms with E-state index in [9.17, 15) is 13.2 Å². The number of nitrogens with zero attached hydrogens (tertiary/aromatic N) is 3. The van der Waals surface area contributed by atoms with E-state index in [4.69, 9.17) is 13.9 Å². The fourth-order valence-electron chi connectivity index (χ4n) is 4.14. The van der Waals surface area contributed by atoms with Gasteiger partial charge < -0.3 is 13.9 Å². The minimum Gasteiger partial charge on any atom is -0.497 e. The summed E-state index contributed by atoms with van der Waals surface area (Å²) in [5.41, 5.74) is 0.801. The molecule has 1 amide bonds. The fourth-order valence-corrected chi connectivity index (χ4v) is 5.91. The second kappa shape index (κ2) is 10.4. The molecule has 3 aromatic rings. The molecule has 35 heavy (non-hydrogen) atoms. The molecule has 0 unspecified atom stereocenters. The molecule has 11 heteroatoms. The molecule has 0 aliphatic carbocycles. The molecular weight excluding hydrogens is 472 g/mol. The van der Waals surface area contributed by atoms with E-state index in [1.54, 1.807) is 29.6 Å². The van der Waals surface area contributed by atoms with Crippen LogP contribution in [0.1, 0.15) is 43.0 Å². The number of rotatable bonds is 8. The van der Waals surface area contributed by atoms with Gasteiger partial charge in [-0.25, -0.2) is 8.42 Å². The van der Waals surface area contributed by atoms with Crippen molar-refractivity contribution in [3.8, 4) is 23.0 Å². The quantitative estimate of drug-likeness (QED) is 0.493. The fraction of sp³-hybridized carbons (Fsp3) is 0.375. The number of carbonyl (C=O) groups excluding carboxylic acids is 1. The summed E-state index contributed by atoms with van der Waals surface area (Å²) in [7, 11) is -0.567. The van der Waals surface area contributed by atoms with E-state index >= 15 is 0 Å². The van der Waals surface area contributed by atoms with Crippen LogP contribution in [0.4, 0.5) is 6.01 Å². The van der Waals surface area contributed by atoms with Crippen LogP contribution in [0, 0.1) is 0 Å². The number of ether oxygens (including phenoxy) is 2. The van der Waals surface area contributed by atoms with Gasteiger partial charge in [0.1, 0.15) is 11.5 Å². The van der Waals surface area contributed by atoms with E-state index in [1.165, 1.54) is 31.4 Å². The molecule has 1 aliphatic rings. The van der Waals surface area contributed by atoms with Crippen molar-refractivity contribution in [3.05, 3.63) is 48.0 Å². The lowest BCUT2D eigenvalue weighted by Gasteiger charge is -2.34. The Bertz CT molecular complexity index is 1290. The number of methoxy groups -OCH3 is 2. The summed E-state index contributed by atoms with van der Waals surface area (Å²) in [6.45, 7) is 2.52. The first-order chi connectivity index (χ1) is 16.9. The van der Waals surface area contributed by atoms with Crippen molar-refractivity contribution in [3.63, 3.8) is 0 Å². The van der Waals surface area contributed by atoms with E-state index < -0.39 is 15.9 Å². The van der Waals surface area contributed by atoms with Gasteiger partial charge >= 0.3 is 6.01 Å². The van der Waals surface area contributed by atoms with Gasteiger partial charge in [0.2, 0.25) is 10.0 Å². The Kier molecular flexibility index (Phi) is 7.37. The number of benzene rings is 2. The zero-order valence-corrected chi connectivity index (χ0v) is 20.7. The molecule has 0 radical (unpaired) electrons. The standard InChI is InChI=1S/C24H28N4O6S/c1-4-17-7-5-6-14-28(17)35(30,31)19-11-8-16(9-12-19)22(29)25-24-27-26-23(34-24)20-13-10-18(32-2)15-21(20)33-3/h8-13,15,17H,4-7,14H2,1-3H3,(H,25,27,29)/t17-/m0/s1. The predicted molar refractivity (Wildman–Crippen MR) is 129 cm³/mol. The predicted octanol–water partition coefficient (Wildman–Crippen LogP) is 3.96. The summed E-state index contributed by atoms with van der Waals surface area (Å²) >= 11 is 0. The van der Waals surface area contributed by atoms with Gasteiger partial charge in [-0.05, 0) is 55.7 Å². The SMILES string of the molecule is CC[C@H]1CCCCN1S(=O)(=O)c1ccc(C(=O)Nc2nnc(-c3ccc(OC)cc3OC)o2)cc1. The molecule has 2 aromatic carbocycles. The molecule has 10 nitrogen and oxygen atoms in total. The summed E-state index contributed by atoms with van der Waals surface area (Å²) in [6, 6.07) is 10.9. The smallest absolute Gasteiger partial charge is 0.322 e. The topological polar surface area (TPSA) is 124 Å². The third kappa shape index (κ3) is 5.15. The number of amides is 1. The molecule has 0 saturated carbocycles. The van der Waals surface area contributed by atoms with Crippen molar-refractivity contribution in [2.45, 2.75) is 43.5 Å². The van der Waals surface area contributed by atoms with E-state index in [-0.39, 0.29) is 28.4 Å². The van der Waals surface area contributed by atoms with Crippen LogP contribution < -0.4 is 14.8 Å². The normalized spacial score (nSPS) is 16.6. The number of aromatic nitrogens is 2. The minimum absolute atomic E-state index is 0.00720. The van der Waals surface area contributed by atoms with Gasteiger partial charge in [0.15, 0.2) is 0 Å². The third-order valence-electron chi connectivity index (χ3n) is 6.05. The van der Waals surface area contributed by atoms with Crippen molar-refractivity contribution in [2.24, 2.45) is 0 Å². The average Bonchev–Trinajstić information content (AvgIpc) is 3.36. The van der Waals surface area contributed by atoms with E-state index in [2.05, 4.69) is 15.5 Å². The van der Waals surface area contributed by atoms with E-state index in [0.717, 1.165) is 25.7 Å². The maximum atomic E-state index is 13.1. The van der Waals surface area contributed by atoms with Crippen molar-refractivity contribution < 1.29 is 27.1 Å². The Hall–Kier alpha value is -3.44. The van der Waals surface area contributed by atoms with Crippen molar-refractivity contribution >= 4 is 21.9 Å². The van der Waals surface area contributed by atoms with E-state index in [1.807, 2.05) is 6.92 Å². The lowest BCUT2D eigenvalue weighted by molar-refractivity contribution is 0.102. The summed E-state index contributed by atoms with van der Waals surface area (Å²) in [6.07, 6.45) is 3.52. The highest BCUT2D eigenvalue weighted by Crippen LogP contribution is 2.33. The first kappa shape index (κ1) is 24.7. The summed E-state index contributed by atoms with van der Waals surface area (Å²) in [5.74, 6) is 0.736. The Balaban J connectivity index is 1.48. The molecule has 1 fully saturated rings. The Morgan fingerprint density at radius 1 is 1.11 bits per heavy atom. The molecule has 0 spiro atoms. The van der Waals surface area contributed by atoms with Crippen LogP contribution in [0.25, 0.3) is 11.5 Å². The Morgan fingerprint density at radius 2 is 1.89 bits per heavy atom. The van der Waals surface area contributed by atoms with Gasteiger partial charge in [-0.1, -0.05) is 18.4 Å². The number of hydrogen-bond donors (Lipinski definition) is 1. The van der Waals surface area contributed by atoms with Crippen LogP contribution in [0.15, 0.2) is 51.8 Å². The van der Waals surface area contributed by atoms with Crippen LogP contribution in [0.2, 0.25) is 0 Å². The molecule has 2 heterocycles. The zero-order valence-electron chi connectivity index (χ0n) is 19.9. The number of anilines is 1. The summed E-state index contributed by atoms with van der Waals surface area (Å²) < 4.78 is 44.0. The van der Waals surface area contributed by atoms with Gasteiger partial charge in [-0.2, -0.15) is 4.31 Å². The second-order valence-corrected chi connectivity index (χ2v) is 10.0. The molecule has 1 aliphatic heterocycles. The first-order valence-corrected chi connectivity index (χ1v) is 12.8. The monoisotopic (exact) mass is 500 g/mol. The lowest BCUT2D eigenvalue weighted by Crippen LogP contribution is -2.43. The first-order valence-electron chi connectivity index (χ1n) is 11.4. The number of piperidine rings is 1. The molecule has 186 valence electrons. The number of hydrogen-bond acceptors (Lipinski definition) is 8. The van der Waals surface area contributed by atoms with Crippen molar-refractivity contribution in [1.82, 2.24) is 14.5 Å². The van der Waals surface area contributed by atoms with Gasteiger partial charge in [-0.3, -0.25) is 10.1 Å². The van der Waals surface area contributed by atoms with Crippen molar-refractivity contribution in [1.29, 1.82) is 0 Å². The minimum atomic E-state index is -3.62. The van der Waals surface area contributed by atoms with E-state index in [0.29, 0.717) is 23.6 Å². The third-order valence-corrected chi connectivity index (χ3v) is 8.02. The summed E-state index contributed by atoms with van der Waals surface area (Å²) in [4.78, 5) is 12.9. The average molecular weight is 501 g/mol. The molecule has 1 atom stereocenters. The molecule has 4 rings (SSSR count). The highest BCUT2D eigenvalue weighted by molar-refractivity contribution is 7.89. The summed E-state index contributed by atoms with van der Waals surface area (Å²) in [5, 5.41) is 10.4. The van der Waals surface area contributed by atoms with Crippen LogP contribution in [-0.4, -0.2) is 55.6 Å². The molecular formula is C24H28N4O6S. The largest absolute Gasteiger partial charge is 0.497 e. The maximum absolute atomic E-state index is 13.1. The van der Waals surface area contributed by atoms with Crippen LogP contribution >= 0.6 is 0 Å². The zero-order chi connectivity index (χ0) is 25.0. The van der Waals surface area contributed by atoms with Gasteiger partial charge in [0.25, 0.3) is 11.8 Å². The van der Waals surface area contributed by atoms with Crippen LogP contribution in [-0.2, 0) is 10.0 Å². The van der Waals surface area contributed by atoms with Crippen molar-refractivity contribution in [2.75, 3.05) is 26.1 Å². The van der Waals surface area contributed by atoms with Gasteiger partial charge in [0, 0.05) is 24.2 Å². The van der Waals surface area contributed by atoms with Crippen LogP contribution in [0.3, 0.4) is 0 Å². The molecule has 0 bridgehead atoms. The molecule has 1 N–H and O–H groups in total. The molecule has 1 saturated heterocycles. The Labute approximate surface area is 204 Å². The highest BCUT2D eigenvalue weighted by atomic mass is 32.2.